The van der Waals surface area contributed by atoms with Gasteiger partial charge in [-0.25, -0.2) is 4.79 Å². The van der Waals surface area contributed by atoms with Gasteiger partial charge in [0.25, 0.3) is 0 Å². The van der Waals surface area contributed by atoms with Gasteiger partial charge in [-0.05, 0) is 25.6 Å². The van der Waals surface area contributed by atoms with Crippen LogP contribution in [0.5, 0.6) is 0 Å². The monoisotopic (exact) mass is 323 g/mol. The van der Waals surface area contributed by atoms with Crippen molar-refractivity contribution in [2.45, 2.75) is 39.0 Å². The molecule has 0 fully saturated rings. The molecule has 0 bridgehead atoms. The lowest BCUT2D eigenvalue weighted by atomic mass is 10.2. The van der Waals surface area contributed by atoms with Crippen LogP contribution in [-0.4, -0.2) is 33.9 Å². The van der Waals surface area contributed by atoms with Gasteiger partial charge in [0, 0.05) is 7.11 Å². The van der Waals surface area contributed by atoms with Crippen LogP contribution in [0.1, 0.15) is 12.5 Å². The number of alkyl carbamates (subject to hydrolysis) is 1. The van der Waals surface area contributed by atoms with E-state index in [1.54, 1.807) is 0 Å². The van der Waals surface area contributed by atoms with E-state index in [9.17, 15) is 4.79 Å². The highest BCUT2D eigenvalue weighted by molar-refractivity contribution is 6.76. The van der Waals surface area contributed by atoms with Gasteiger partial charge in [-0.2, -0.15) is 0 Å². The summed E-state index contributed by atoms with van der Waals surface area (Å²) in [6, 6.07) is 9.49. The van der Waals surface area contributed by atoms with Crippen molar-refractivity contribution in [1.82, 2.24) is 5.32 Å². The van der Waals surface area contributed by atoms with Gasteiger partial charge in [0.2, 0.25) is 8.32 Å². The van der Waals surface area contributed by atoms with E-state index in [1.165, 1.54) is 7.11 Å². The van der Waals surface area contributed by atoms with Crippen LogP contribution in [-0.2, 0) is 20.5 Å². The zero-order valence-electron chi connectivity index (χ0n) is 13.7. The average molecular weight is 323 g/mol. The molecule has 1 amide bonds. The Kier molecular flexibility index (Phi) is 7.30. The zero-order chi connectivity index (χ0) is 16.6. The van der Waals surface area contributed by atoms with Crippen LogP contribution in [0.3, 0.4) is 0 Å². The molecule has 6 heteroatoms. The number of carbonyl (C=O) groups excluding carboxylic acids is 1. The molecule has 0 radical (unpaired) electrons. The molecule has 0 aliphatic heterocycles. The van der Waals surface area contributed by atoms with Crippen molar-refractivity contribution in [2.24, 2.45) is 0 Å². The average Bonchev–Trinajstić information content (AvgIpc) is 2.51. The van der Waals surface area contributed by atoms with E-state index in [4.69, 9.17) is 13.9 Å². The summed E-state index contributed by atoms with van der Waals surface area (Å²) < 4.78 is 16.4. The highest BCUT2D eigenvalue weighted by atomic mass is 28.4. The summed E-state index contributed by atoms with van der Waals surface area (Å²) in [5, 5.41) is 2.66. The molecule has 2 atom stereocenters. The maximum absolute atomic E-state index is 11.8. The molecule has 1 N–H and O–H groups in total. The Morgan fingerprint density at radius 2 is 2.00 bits per heavy atom. The van der Waals surface area contributed by atoms with Crippen LogP contribution in [0.2, 0.25) is 13.1 Å². The smallest absolute Gasteiger partial charge is 0.409 e. The van der Waals surface area contributed by atoms with Crippen LogP contribution in [0.4, 0.5) is 4.79 Å². The first-order valence-electron chi connectivity index (χ1n) is 7.19. The van der Waals surface area contributed by atoms with E-state index in [1.807, 2.05) is 56.0 Å². The second-order valence-electron chi connectivity index (χ2n) is 5.49. The summed E-state index contributed by atoms with van der Waals surface area (Å²) in [7, 11) is -0.431. The number of hydrogen-bond acceptors (Lipinski definition) is 4. The van der Waals surface area contributed by atoms with E-state index >= 15 is 0 Å². The SMILES string of the molecule is C=C[Si](C)(C)OC(C)C(NC(=O)OCc1ccccc1)OC. The first kappa shape index (κ1) is 18.4. The zero-order valence-corrected chi connectivity index (χ0v) is 14.7. The quantitative estimate of drug-likeness (QED) is 0.589. The van der Waals surface area contributed by atoms with Crippen molar-refractivity contribution >= 4 is 14.4 Å². The number of nitrogens with one attached hydrogen (secondary N) is 1. The van der Waals surface area contributed by atoms with Crippen molar-refractivity contribution in [2.75, 3.05) is 7.11 Å². The van der Waals surface area contributed by atoms with Crippen molar-refractivity contribution in [1.29, 1.82) is 0 Å². The van der Waals surface area contributed by atoms with Gasteiger partial charge in [0.1, 0.15) is 6.61 Å². The third-order valence-electron chi connectivity index (χ3n) is 3.13. The molecule has 5 nitrogen and oxygen atoms in total. The molecule has 0 heterocycles. The number of rotatable bonds is 8. The van der Waals surface area contributed by atoms with Crippen molar-refractivity contribution < 1.29 is 18.7 Å². The Bertz CT molecular complexity index is 478. The molecular weight excluding hydrogens is 298 g/mol. The molecule has 122 valence electrons. The third-order valence-corrected chi connectivity index (χ3v) is 5.10. The highest BCUT2D eigenvalue weighted by Gasteiger charge is 2.27. The number of amides is 1. The standard InChI is InChI=1S/C16H25NO4Si/c1-6-22(4,5)21-13(2)15(19-3)17-16(18)20-12-14-10-8-7-9-11-14/h6-11,13,15H,1,12H2,2-5H3,(H,17,18). The topological polar surface area (TPSA) is 56.8 Å². The van der Waals surface area contributed by atoms with Crippen LogP contribution in [0, 0.1) is 0 Å². The summed E-state index contributed by atoms with van der Waals surface area (Å²) in [6.07, 6.45) is -1.41. The normalized spacial score (nSPS) is 14.0. The molecule has 2 unspecified atom stereocenters. The fourth-order valence-corrected chi connectivity index (χ4v) is 3.02. The summed E-state index contributed by atoms with van der Waals surface area (Å²) in [6.45, 7) is 9.89. The number of hydrogen-bond donors (Lipinski definition) is 1. The third kappa shape index (κ3) is 6.42. The Hall–Kier alpha value is -1.63. The van der Waals surface area contributed by atoms with Crippen LogP contribution >= 0.6 is 0 Å². The van der Waals surface area contributed by atoms with E-state index in [0.717, 1.165) is 5.56 Å². The highest BCUT2D eigenvalue weighted by Crippen LogP contribution is 2.12. The molecule has 0 aliphatic rings. The molecule has 1 rings (SSSR count). The van der Waals surface area contributed by atoms with Crippen molar-refractivity contribution in [3.8, 4) is 0 Å². The number of benzene rings is 1. The first-order valence-corrected chi connectivity index (χ1v) is 10.2. The van der Waals surface area contributed by atoms with Crippen LogP contribution in [0.15, 0.2) is 42.6 Å². The second-order valence-corrected chi connectivity index (χ2v) is 9.34. The minimum Gasteiger partial charge on any atom is -0.445 e. The van der Waals surface area contributed by atoms with Gasteiger partial charge >= 0.3 is 6.09 Å². The largest absolute Gasteiger partial charge is 0.445 e. The Labute approximate surface area is 133 Å². The van der Waals surface area contributed by atoms with E-state index in [-0.39, 0.29) is 12.7 Å². The Morgan fingerprint density at radius 3 is 2.55 bits per heavy atom. The summed E-state index contributed by atoms with van der Waals surface area (Å²) in [5.41, 5.74) is 2.76. The van der Waals surface area contributed by atoms with Gasteiger partial charge in [-0.15, -0.1) is 6.58 Å². The number of carbonyl (C=O) groups is 1. The van der Waals surface area contributed by atoms with E-state index in [2.05, 4.69) is 11.9 Å². The lowest BCUT2D eigenvalue weighted by molar-refractivity contribution is -0.0141. The fourth-order valence-electron chi connectivity index (χ4n) is 1.84. The van der Waals surface area contributed by atoms with Gasteiger partial charge in [0.15, 0.2) is 6.23 Å². The summed E-state index contributed by atoms with van der Waals surface area (Å²) >= 11 is 0. The van der Waals surface area contributed by atoms with E-state index in [0.29, 0.717) is 0 Å². The molecule has 0 spiro atoms. The molecule has 0 saturated heterocycles. The molecule has 1 aromatic rings. The predicted octanol–water partition coefficient (Wildman–Crippen LogP) is 3.22. The second kappa shape index (κ2) is 8.72. The predicted molar refractivity (Wildman–Crippen MR) is 88.8 cm³/mol. The Morgan fingerprint density at radius 1 is 1.36 bits per heavy atom. The van der Waals surface area contributed by atoms with Gasteiger partial charge < -0.3 is 13.9 Å². The van der Waals surface area contributed by atoms with E-state index < -0.39 is 20.6 Å². The van der Waals surface area contributed by atoms with Crippen molar-refractivity contribution in [3.63, 3.8) is 0 Å². The van der Waals surface area contributed by atoms with Crippen LogP contribution in [0.25, 0.3) is 0 Å². The maximum Gasteiger partial charge on any atom is 0.409 e. The molecule has 0 saturated carbocycles. The van der Waals surface area contributed by atoms with Crippen LogP contribution < -0.4 is 5.32 Å². The summed E-state index contributed by atoms with van der Waals surface area (Å²) in [5.74, 6) is 0. The minimum atomic E-state index is -1.95. The number of ether oxygens (including phenoxy) is 2. The lowest BCUT2D eigenvalue weighted by Gasteiger charge is -2.29. The van der Waals surface area contributed by atoms with Gasteiger partial charge in [0.05, 0.1) is 6.10 Å². The van der Waals surface area contributed by atoms with Gasteiger partial charge in [-0.3, -0.25) is 5.32 Å². The molecule has 0 aliphatic carbocycles. The van der Waals surface area contributed by atoms with Crippen molar-refractivity contribution in [3.05, 3.63) is 48.2 Å². The maximum atomic E-state index is 11.8. The molecule has 1 aromatic carbocycles. The Balaban J connectivity index is 2.47. The lowest BCUT2D eigenvalue weighted by Crippen LogP contribution is -2.48. The molecule has 22 heavy (non-hydrogen) atoms. The molecular formula is C16H25NO4Si. The molecule has 0 aromatic heterocycles. The van der Waals surface area contributed by atoms with Gasteiger partial charge in [-0.1, -0.05) is 36.0 Å². The number of methoxy groups -OCH3 is 1. The first-order chi connectivity index (χ1) is 10.4. The fraction of sp³-hybridized carbons (Fsp3) is 0.438. The summed E-state index contributed by atoms with van der Waals surface area (Å²) in [4.78, 5) is 11.8. The minimum absolute atomic E-state index is 0.214.